The van der Waals surface area contributed by atoms with E-state index in [2.05, 4.69) is 5.32 Å². The molecule has 3 aromatic rings. The SMILES string of the molecule is COC(=O)C(CCC(=O)c1ccccc1)NC(=O)OCc1ccc(Oc2ccccc2)cc1. The molecule has 33 heavy (non-hydrogen) atoms. The van der Waals surface area contributed by atoms with Gasteiger partial charge in [-0.25, -0.2) is 9.59 Å². The number of Topliss-reactive ketones (excluding diaryl/α,β-unsaturated/α-hetero) is 1. The molecule has 1 unspecified atom stereocenters. The number of ketones is 1. The third-order valence-corrected chi connectivity index (χ3v) is 4.81. The Bertz CT molecular complexity index is 1050. The number of hydrogen-bond acceptors (Lipinski definition) is 6. The van der Waals surface area contributed by atoms with Crippen molar-refractivity contribution >= 4 is 17.8 Å². The Morgan fingerprint density at radius 3 is 2.06 bits per heavy atom. The Labute approximate surface area is 192 Å². The van der Waals surface area contributed by atoms with Gasteiger partial charge in [-0.1, -0.05) is 60.7 Å². The van der Waals surface area contributed by atoms with Crippen molar-refractivity contribution in [3.8, 4) is 11.5 Å². The van der Waals surface area contributed by atoms with E-state index >= 15 is 0 Å². The molecular formula is C26H25NO6. The van der Waals surface area contributed by atoms with Gasteiger partial charge in [-0.2, -0.15) is 0 Å². The molecule has 0 heterocycles. The van der Waals surface area contributed by atoms with Crippen LogP contribution >= 0.6 is 0 Å². The molecule has 170 valence electrons. The summed E-state index contributed by atoms with van der Waals surface area (Å²) >= 11 is 0. The number of alkyl carbamates (subject to hydrolysis) is 1. The average Bonchev–Trinajstić information content (AvgIpc) is 2.86. The predicted molar refractivity (Wildman–Crippen MR) is 122 cm³/mol. The van der Waals surface area contributed by atoms with E-state index in [0.29, 0.717) is 11.3 Å². The second-order valence-electron chi connectivity index (χ2n) is 7.18. The molecule has 0 aliphatic rings. The summed E-state index contributed by atoms with van der Waals surface area (Å²) in [5.41, 5.74) is 1.29. The number of hydrogen-bond donors (Lipinski definition) is 1. The van der Waals surface area contributed by atoms with Crippen molar-refractivity contribution in [3.05, 3.63) is 96.1 Å². The van der Waals surface area contributed by atoms with Gasteiger partial charge in [0.05, 0.1) is 7.11 Å². The van der Waals surface area contributed by atoms with Crippen LogP contribution in [0.3, 0.4) is 0 Å². The van der Waals surface area contributed by atoms with Gasteiger partial charge in [0.15, 0.2) is 5.78 Å². The standard InChI is InChI=1S/C26H25NO6/c1-31-25(29)23(16-17-24(28)20-8-4-2-5-9-20)27-26(30)32-18-19-12-14-22(15-13-19)33-21-10-6-3-7-11-21/h2-15,23H,16-18H2,1H3,(H,27,30). The molecule has 0 saturated carbocycles. The molecule has 0 aromatic heterocycles. The molecular weight excluding hydrogens is 422 g/mol. The molecule has 0 radical (unpaired) electrons. The molecule has 0 spiro atoms. The van der Waals surface area contributed by atoms with E-state index in [4.69, 9.17) is 14.2 Å². The van der Waals surface area contributed by atoms with E-state index in [-0.39, 0.29) is 25.2 Å². The van der Waals surface area contributed by atoms with Crippen molar-refractivity contribution in [2.45, 2.75) is 25.5 Å². The van der Waals surface area contributed by atoms with Gasteiger partial charge in [-0.3, -0.25) is 4.79 Å². The summed E-state index contributed by atoms with van der Waals surface area (Å²) in [4.78, 5) is 36.6. The number of carbonyl (C=O) groups is 3. The van der Waals surface area contributed by atoms with Gasteiger partial charge in [-0.15, -0.1) is 0 Å². The summed E-state index contributed by atoms with van der Waals surface area (Å²) in [7, 11) is 1.22. The Morgan fingerprint density at radius 1 is 0.818 bits per heavy atom. The zero-order valence-corrected chi connectivity index (χ0v) is 18.2. The maximum absolute atomic E-state index is 12.3. The number of nitrogens with one attached hydrogen (secondary N) is 1. The van der Waals surface area contributed by atoms with Crippen molar-refractivity contribution in [1.29, 1.82) is 0 Å². The van der Waals surface area contributed by atoms with Crippen LogP contribution in [0.25, 0.3) is 0 Å². The first-order valence-electron chi connectivity index (χ1n) is 10.5. The number of rotatable bonds is 10. The maximum Gasteiger partial charge on any atom is 0.408 e. The smallest absolute Gasteiger partial charge is 0.408 e. The fraction of sp³-hybridized carbons (Fsp3) is 0.192. The first kappa shape index (κ1) is 23.5. The van der Waals surface area contributed by atoms with Crippen LogP contribution in [0.2, 0.25) is 0 Å². The normalized spacial score (nSPS) is 11.2. The van der Waals surface area contributed by atoms with Gasteiger partial charge in [0.2, 0.25) is 0 Å². The van der Waals surface area contributed by atoms with E-state index in [0.717, 1.165) is 11.3 Å². The van der Waals surface area contributed by atoms with Crippen LogP contribution in [-0.2, 0) is 20.9 Å². The quantitative estimate of drug-likeness (QED) is 0.351. The molecule has 0 bridgehead atoms. The van der Waals surface area contributed by atoms with Gasteiger partial charge in [0.1, 0.15) is 24.1 Å². The second kappa shape index (κ2) is 12.0. The highest BCUT2D eigenvalue weighted by molar-refractivity contribution is 5.96. The number of esters is 1. The lowest BCUT2D eigenvalue weighted by atomic mass is 10.0. The molecule has 1 atom stereocenters. The monoisotopic (exact) mass is 447 g/mol. The molecule has 1 N–H and O–H groups in total. The third kappa shape index (κ3) is 7.50. The maximum atomic E-state index is 12.3. The Balaban J connectivity index is 1.48. The lowest BCUT2D eigenvalue weighted by Crippen LogP contribution is -2.42. The van der Waals surface area contributed by atoms with E-state index in [1.807, 2.05) is 36.4 Å². The van der Waals surface area contributed by atoms with Gasteiger partial charge in [-0.05, 0) is 36.2 Å². The van der Waals surface area contributed by atoms with Crippen LogP contribution in [0.1, 0.15) is 28.8 Å². The van der Waals surface area contributed by atoms with Crippen molar-refractivity contribution in [2.24, 2.45) is 0 Å². The Hall–Kier alpha value is -4.13. The molecule has 0 saturated heterocycles. The predicted octanol–water partition coefficient (Wildman–Crippen LogP) is 4.91. The summed E-state index contributed by atoms with van der Waals surface area (Å²) in [6, 6.07) is 24.2. The molecule has 0 aliphatic heterocycles. The summed E-state index contributed by atoms with van der Waals surface area (Å²) in [6.07, 6.45) is -0.601. The molecule has 3 rings (SSSR count). The lowest BCUT2D eigenvalue weighted by molar-refractivity contribution is -0.143. The van der Waals surface area contributed by atoms with Crippen LogP contribution in [0, 0.1) is 0 Å². The average molecular weight is 447 g/mol. The van der Waals surface area contributed by atoms with E-state index in [1.165, 1.54) is 7.11 Å². The minimum absolute atomic E-state index is 0.00822. The highest BCUT2D eigenvalue weighted by atomic mass is 16.6. The van der Waals surface area contributed by atoms with E-state index in [9.17, 15) is 14.4 Å². The minimum Gasteiger partial charge on any atom is -0.467 e. The molecule has 7 nitrogen and oxygen atoms in total. The zero-order chi connectivity index (χ0) is 23.5. The Kier molecular flexibility index (Phi) is 8.59. The second-order valence-corrected chi connectivity index (χ2v) is 7.18. The van der Waals surface area contributed by atoms with E-state index in [1.54, 1.807) is 48.5 Å². The third-order valence-electron chi connectivity index (χ3n) is 4.81. The van der Waals surface area contributed by atoms with Crippen LogP contribution in [0.15, 0.2) is 84.9 Å². The molecule has 0 aliphatic carbocycles. The minimum atomic E-state index is -0.989. The van der Waals surface area contributed by atoms with Gasteiger partial charge < -0.3 is 19.5 Å². The van der Waals surface area contributed by atoms with Crippen molar-refractivity contribution in [1.82, 2.24) is 5.32 Å². The van der Waals surface area contributed by atoms with E-state index < -0.39 is 18.1 Å². The number of amides is 1. The summed E-state index contributed by atoms with van der Waals surface area (Å²) in [5, 5.41) is 2.48. The topological polar surface area (TPSA) is 90.9 Å². The van der Waals surface area contributed by atoms with Gasteiger partial charge >= 0.3 is 12.1 Å². The summed E-state index contributed by atoms with van der Waals surface area (Å²) in [6.45, 7) is 0.00822. The molecule has 1 amide bonds. The van der Waals surface area contributed by atoms with Crippen LogP contribution in [0.5, 0.6) is 11.5 Å². The first-order valence-corrected chi connectivity index (χ1v) is 10.5. The fourth-order valence-electron chi connectivity index (χ4n) is 3.05. The van der Waals surface area contributed by atoms with Crippen LogP contribution in [-0.4, -0.2) is 31.0 Å². The van der Waals surface area contributed by atoms with Crippen molar-refractivity contribution < 1.29 is 28.6 Å². The number of ether oxygens (including phenoxy) is 3. The fourth-order valence-corrected chi connectivity index (χ4v) is 3.05. The molecule has 7 heteroatoms. The van der Waals surface area contributed by atoms with Crippen LogP contribution < -0.4 is 10.1 Å². The van der Waals surface area contributed by atoms with Crippen molar-refractivity contribution in [3.63, 3.8) is 0 Å². The van der Waals surface area contributed by atoms with Gasteiger partial charge in [0, 0.05) is 12.0 Å². The Morgan fingerprint density at radius 2 is 1.42 bits per heavy atom. The number of para-hydroxylation sites is 1. The van der Waals surface area contributed by atoms with Crippen LogP contribution in [0.4, 0.5) is 4.79 Å². The first-order chi connectivity index (χ1) is 16.0. The molecule has 3 aromatic carbocycles. The van der Waals surface area contributed by atoms with Gasteiger partial charge in [0.25, 0.3) is 0 Å². The lowest BCUT2D eigenvalue weighted by Gasteiger charge is -2.16. The zero-order valence-electron chi connectivity index (χ0n) is 18.2. The summed E-state index contributed by atoms with van der Waals surface area (Å²) < 4.78 is 15.7. The largest absolute Gasteiger partial charge is 0.467 e. The number of methoxy groups -OCH3 is 1. The highest BCUT2D eigenvalue weighted by Crippen LogP contribution is 2.21. The van der Waals surface area contributed by atoms with Crippen molar-refractivity contribution in [2.75, 3.05) is 7.11 Å². The summed E-state index contributed by atoms with van der Waals surface area (Å²) in [5.74, 6) is 0.608. The number of carbonyl (C=O) groups excluding carboxylic acids is 3. The highest BCUT2D eigenvalue weighted by Gasteiger charge is 2.23. The molecule has 0 fully saturated rings. The number of benzene rings is 3.